The highest BCUT2D eigenvalue weighted by atomic mass is 14.8. The number of nitrogens with zero attached hydrogens (tertiary/aromatic N) is 2. The topological polar surface area (TPSA) is 24.7 Å². The van der Waals surface area contributed by atoms with Crippen LogP contribution >= 0.6 is 0 Å². The molecule has 0 atom stereocenters. The first-order valence-corrected chi connectivity index (χ1v) is 10.6. The summed E-state index contributed by atoms with van der Waals surface area (Å²) in [7, 11) is 0. The number of aryl methyl sites for hydroxylation is 2. The Bertz CT molecular complexity index is 821. The molecule has 28 heavy (non-hydrogen) atoms. The summed E-state index contributed by atoms with van der Waals surface area (Å²) in [5.74, 6) is 0.880. The van der Waals surface area contributed by atoms with E-state index in [-0.39, 0.29) is 0 Å². The van der Waals surface area contributed by atoms with Gasteiger partial charge in [-0.2, -0.15) is 0 Å². The van der Waals surface area contributed by atoms with Crippen LogP contribution in [-0.2, 0) is 12.8 Å². The first kappa shape index (κ1) is 22.1. The lowest BCUT2D eigenvalue weighted by Crippen LogP contribution is -2.07. The molecule has 0 saturated carbocycles. The Morgan fingerprint density at radius 2 is 1.07 bits per heavy atom. The summed E-state index contributed by atoms with van der Waals surface area (Å²) in [6.45, 7) is 17.5. The lowest BCUT2D eigenvalue weighted by Gasteiger charge is -2.17. The van der Waals surface area contributed by atoms with E-state index >= 15 is 0 Å². The summed E-state index contributed by atoms with van der Waals surface area (Å²) in [5, 5.41) is 0. The Kier molecular flexibility index (Phi) is 7.74. The first-order valence-electron chi connectivity index (χ1n) is 10.6. The van der Waals surface area contributed by atoms with E-state index in [1.807, 2.05) is 0 Å². The van der Waals surface area contributed by atoms with Gasteiger partial charge in [-0.25, -0.2) is 0 Å². The molecule has 2 heteroatoms. The second kappa shape index (κ2) is 9.82. The van der Waals surface area contributed by atoms with Crippen molar-refractivity contribution in [3.05, 3.63) is 58.7 Å². The Labute approximate surface area is 171 Å². The maximum absolute atomic E-state index is 5.09. The minimum Gasteiger partial charge on any atom is -0.251 e. The van der Waals surface area contributed by atoms with Crippen molar-refractivity contribution in [1.82, 2.24) is 0 Å². The van der Waals surface area contributed by atoms with E-state index < -0.39 is 0 Å². The SMILES string of the molecule is CCc1cccc(CC)c1N=C(C)C(C)=Nc1c(C(C)C)cccc1C(C)C. The number of para-hydroxylation sites is 2. The molecule has 2 aromatic carbocycles. The molecule has 0 aliphatic rings. The van der Waals surface area contributed by atoms with E-state index in [0.29, 0.717) is 11.8 Å². The Morgan fingerprint density at radius 3 is 1.46 bits per heavy atom. The molecule has 2 aromatic rings. The molecule has 0 heterocycles. The molecule has 0 aliphatic carbocycles. The van der Waals surface area contributed by atoms with Gasteiger partial charge < -0.3 is 0 Å². The summed E-state index contributed by atoms with van der Waals surface area (Å²) < 4.78 is 0. The summed E-state index contributed by atoms with van der Waals surface area (Å²) in [4.78, 5) is 10.1. The Morgan fingerprint density at radius 1 is 0.679 bits per heavy atom. The van der Waals surface area contributed by atoms with Gasteiger partial charge in [0.25, 0.3) is 0 Å². The van der Waals surface area contributed by atoms with Crippen molar-refractivity contribution in [2.45, 2.75) is 80.1 Å². The predicted octanol–water partition coefficient (Wildman–Crippen LogP) is 7.94. The Hall–Kier alpha value is -2.22. The van der Waals surface area contributed by atoms with Gasteiger partial charge in [-0.15, -0.1) is 0 Å². The van der Waals surface area contributed by atoms with Crippen molar-refractivity contribution in [3.63, 3.8) is 0 Å². The molecule has 0 radical (unpaired) electrons. The van der Waals surface area contributed by atoms with Crippen molar-refractivity contribution in [2.75, 3.05) is 0 Å². The minimum absolute atomic E-state index is 0.440. The molecule has 0 amide bonds. The third-order valence-electron chi connectivity index (χ3n) is 5.39. The second-order valence-corrected chi connectivity index (χ2v) is 8.12. The van der Waals surface area contributed by atoms with Crippen LogP contribution in [0, 0.1) is 0 Å². The highest BCUT2D eigenvalue weighted by Gasteiger charge is 2.14. The first-order chi connectivity index (χ1) is 13.3. The maximum Gasteiger partial charge on any atom is 0.0702 e. The molecule has 0 fully saturated rings. The molecular formula is C26H36N2. The zero-order valence-electron chi connectivity index (χ0n) is 18.9. The van der Waals surface area contributed by atoms with Gasteiger partial charge in [0.05, 0.1) is 22.8 Å². The highest BCUT2D eigenvalue weighted by molar-refractivity contribution is 6.41. The van der Waals surface area contributed by atoms with Gasteiger partial charge >= 0.3 is 0 Å². The lowest BCUT2D eigenvalue weighted by atomic mass is 9.93. The average molecular weight is 377 g/mol. The third-order valence-corrected chi connectivity index (χ3v) is 5.39. The van der Waals surface area contributed by atoms with Crippen LogP contribution in [-0.4, -0.2) is 11.4 Å². The molecule has 0 aromatic heterocycles. The van der Waals surface area contributed by atoms with Gasteiger partial charge in [0, 0.05) is 0 Å². The maximum atomic E-state index is 5.09. The normalized spacial score (nSPS) is 12.9. The summed E-state index contributed by atoms with van der Waals surface area (Å²) in [6, 6.07) is 13.1. The molecular weight excluding hydrogens is 340 g/mol. The van der Waals surface area contributed by atoms with Crippen LogP contribution in [0.2, 0.25) is 0 Å². The average Bonchev–Trinajstić information content (AvgIpc) is 2.67. The van der Waals surface area contributed by atoms with Crippen molar-refractivity contribution in [1.29, 1.82) is 0 Å². The molecule has 0 unspecified atom stereocenters. The quantitative estimate of drug-likeness (QED) is 0.438. The van der Waals surface area contributed by atoms with Crippen LogP contribution < -0.4 is 0 Å². The van der Waals surface area contributed by atoms with E-state index in [2.05, 4.69) is 91.8 Å². The van der Waals surface area contributed by atoms with Gasteiger partial charge in [-0.3, -0.25) is 9.98 Å². The van der Waals surface area contributed by atoms with Crippen molar-refractivity contribution in [3.8, 4) is 0 Å². The van der Waals surface area contributed by atoms with Crippen LogP contribution in [0.3, 0.4) is 0 Å². The van der Waals surface area contributed by atoms with Crippen LogP contribution in [0.1, 0.15) is 89.5 Å². The predicted molar refractivity (Wildman–Crippen MR) is 125 cm³/mol. The standard InChI is InChI=1S/C26H36N2/c1-9-21-13-11-14-22(10-2)25(21)27-19(7)20(8)28-26-23(17(3)4)15-12-16-24(26)18(5)6/h11-18H,9-10H2,1-8H3. The largest absolute Gasteiger partial charge is 0.251 e. The zero-order valence-corrected chi connectivity index (χ0v) is 18.9. The van der Waals surface area contributed by atoms with Crippen LogP contribution in [0.4, 0.5) is 11.4 Å². The number of rotatable bonds is 7. The van der Waals surface area contributed by atoms with Crippen molar-refractivity contribution >= 4 is 22.8 Å². The number of benzene rings is 2. The molecule has 0 N–H and O–H groups in total. The molecule has 0 spiro atoms. The van der Waals surface area contributed by atoms with E-state index in [9.17, 15) is 0 Å². The molecule has 150 valence electrons. The van der Waals surface area contributed by atoms with Gasteiger partial charge in [0.1, 0.15) is 0 Å². The molecule has 2 nitrogen and oxygen atoms in total. The third kappa shape index (κ3) is 4.98. The summed E-state index contributed by atoms with van der Waals surface area (Å²) in [6.07, 6.45) is 1.98. The summed E-state index contributed by atoms with van der Waals surface area (Å²) in [5.41, 5.74) is 9.45. The van der Waals surface area contributed by atoms with Crippen molar-refractivity contribution < 1.29 is 0 Å². The van der Waals surface area contributed by atoms with Gasteiger partial charge in [0.2, 0.25) is 0 Å². The second-order valence-electron chi connectivity index (χ2n) is 8.12. The zero-order chi connectivity index (χ0) is 20.8. The monoisotopic (exact) mass is 376 g/mol. The number of hydrogen-bond acceptors (Lipinski definition) is 2. The van der Waals surface area contributed by atoms with Gasteiger partial charge in [-0.1, -0.05) is 77.9 Å². The molecule has 2 rings (SSSR count). The van der Waals surface area contributed by atoms with Crippen molar-refractivity contribution in [2.24, 2.45) is 9.98 Å². The van der Waals surface area contributed by atoms with Crippen LogP contribution in [0.15, 0.2) is 46.4 Å². The fraction of sp³-hybridized carbons (Fsp3) is 0.462. The van der Waals surface area contributed by atoms with Gasteiger partial charge in [0.15, 0.2) is 0 Å². The van der Waals surface area contributed by atoms with E-state index in [4.69, 9.17) is 9.98 Å². The molecule has 0 bridgehead atoms. The lowest BCUT2D eigenvalue weighted by molar-refractivity contribution is 0.835. The van der Waals surface area contributed by atoms with E-state index in [1.54, 1.807) is 0 Å². The molecule has 0 aliphatic heterocycles. The minimum atomic E-state index is 0.440. The van der Waals surface area contributed by atoms with Crippen LogP contribution in [0.25, 0.3) is 0 Å². The van der Waals surface area contributed by atoms with E-state index in [0.717, 1.165) is 35.6 Å². The fourth-order valence-electron chi connectivity index (χ4n) is 3.50. The number of aliphatic imine (C=N–C) groups is 2. The van der Waals surface area contributed by atoms with E-state index in [1.165, 1.54) is 22.3 Å². The van der Waals surface area contributed by atoms with Gasteiger partial charge in [-0.05, 0) is 60.8 Å². The smallest absolute Gasteiger partial charge is 0.0702 e. The summed E-state index contributed by atoms with van der Waals surface area (Å²) >= 11 is 0. The molecule has 0 saturated heterocycles. The highest BCUT2D eigenvalue weighted by Crippen LogP contribution is 2.35. The fourth-order valence-corrected chi connectivity index (χ4v) is 3.50. The van der Waals surface area contributed by atoms with Crippen LogP contribution in [0.5, 0.6) is 0 Å². The Balaban J connectivity index is 2.57. The number of hydrogen-bond donors (Lipinski definition) is 0.